The van der Waals surface area contributed by atoms with Crippen LogP contribution in [-0.2, 0) is 7.05 Å². The number of thiocarbonyl (C=S) groups is 1. The van der Waals surface area contributed by atoms with Crippen molar-refractivity contribution >= 4 is 23.1 Å². The minimum Gasteiger partial charge on any atom is -0.349 e. The summed E-state index contributed by atoms with van der Waals surface area (Å²) in [6.45, 7) is 2.14. The van der Waals surface area contributed by atoms with Gasteiger partial charge in [-0.05, 0) is 25.1 Å². The van der Waals surface area contributed by atoms with Crippen LogP contribution in [0.5, 0.6) is 0 Å². The third kappa shape index (κ3) is 2.95. The van der Waals surface area contributed by atoms with E-state index in [1.807, 2.05) is 19.3 Å². The monoisotopic (exact) mass is 238 g/mol. The highest BCUT2D eigenvalue weighted by Crippen LogP contribution is 2.11. The van der Waals surface area contributed by atoms with E-state index in [1.54, 1.807) is 4.68 Å². The molecule has 1 aromatic heterocycles. The van der Waals surface area contributed by atoms with Gasteiger partial charge in [-0.2, -0.15) is 5.10 Å². The van der Waals surface area contributed by atoms with Gasteiger partial charge in [0, 0.05) is 32.4 Å². The van der Waals surface area contributed by atoms with E-state index in [9.17, 15) is 0 Å². The second kappa shape index (κ2) is 5.30. The largest absolute Gasteiger partial charge is 0.349 e. The van der Waals surface area contributed by atoms with E-state index in [0.717, 1.165) is 24.0 Å². The molecule has 1 fully saturated rings. The number of aryl methyl sites for hydroxylation is 1. The molecule has 2 rings (SSSR count). The molecular weight excluding hydrogens is 220 g/mol. The maximum absolute atomic E-state index is 5.39. The molecule has 2 heterocycles. The Hall–Kier alpha value is -1.10. The molecule has 0 saturated carbocycles. The van der Waals surface area contributed by atoms with E-state index in [1.165, 1.54) is 25.7 Å². The zero-order chi connectivity index (χ0) is 11.4. The molecule has 0 spiro atoms. The molecule has 0 atom stereocenters. The van der Waals surface area contributed by atoms with E-state index in [4.69, 9.17) is 12.2 Å². The summed E-state index contributed by atoms with van der Waals surface area (Å²) in [5.41, 5.74) is 0. The average molecular weight is 238 g/mol. The van der Waals surface area contributed by atoms with Crippen LogP contribution >= 0.6 is 12.2 Å². The Kier molecular flexibility index (Phi) is 3.77. The van der Waals surface area contributed by atoms with Gasteiger partial charge in [-0.15, -0.1) is 0 Å². The molecule has 1 aliphatic heterocycles. The Balaban J connectivity index is 1.91. The third-order valence-electron chi connectivity index (χ3n) is 2.84. The number of likely N-dealkylation sites (tertiary alicyclic amines) is 1. The maximum atomic E-state index is 5.39. The van der Waals surface area contributed by atoms with Gasteiger partial charge in [-0.25, -0.2) is 0 Å². The Labute approximate surface area is 102 Å². The lowest BCUT2D eigenvalue weighted by Gasteiger charge is -2.23. The molecule has 0 unspecified atom stereocenters. The smallest absolute Gasteiger partial charge is 0.174 e. The number of rotatable bonds is 1. The first-order chi connectivity index (χ1) is 7.75. The predicted molar refractivity (Wildman–Crippen MR) is 69.5 cm³/mol. The zero-order valence-electron chi connectivity index (χ0n) is 9.65. The van der Waals surface area contributed by atoms with Gasteiger partial charge in [-0.3, -0.25) is 4.68 Å². The summed E-state index contributed by atoms with van der Waals surface area (Å²) in [4.78, 5) is 2.25. The second-order valence-corrected chi connectivity index (χ2v) is 4.59. The van der Waals surface area contributed by atoms with Crippen molar-refractivity contribution in [2.45, 2.75) is 25.7 Å². The lowest BCUT2D eigenvalue weighted by atomic mass is 10.2. The normalized spacial score (nSPS) is 16.9. The van der Waals surface area contributed by atoms with Crippen LogP contribution in [0.3, 0.4) is 0 Å². The van der Waals surface area contributed by atoms with Crippen LogP contribution in [0.15, 0.2) is 12.3 Å². The summed E-state index contributed by atoms with van der Waals surface area (Å²) in [6, 6.07) is 1.93. The molecule has 1 aromatic rings. The first-order valence-corrected chi connectivity index (χ1v) is 6.22. The van der Waals surface area contributed by atoms with Crippen LogP contribution < -0.4 is 5.32 Å². The predicted octanol–water partition coefficient (Wildman–Crippen LogP) is 1.99. The Bertz CT molecular complexity index is 353. The number of hydrogen-bond donors (Lipinski definition) is 1. The minimum absolute atomic E-state index is 0.806. The fourth-order valence-electron chi connectivity index (χ4n) is 1.94. The highest BCUT2D eigenvalue weighted by Gasteiger charge is 2.12. The van der Waals surface area contributed by atoms with E-state index in [0.29, 0.717) is 0 Å². The highest BCUT2D eigenvalue weighted by atomic mass is 32.1. The van der Waals surface area contributed by atoms with Gasteiger partial charge in [0.05, 0.1) is 0 Å². The minimum atomic E-state index is 0.806. The molecule has 0 radical (unpaired) electrons. The van der Waals surface area contributed by atoms with Crippen LogP contribution in [0.1, 0.15) is 25.7 Å². The van der Waals surface area contributed by atoms with Crippen molar-refractivity contribution in [1.82, 2.24) is 14.7 Å². The van der Waals surface area contributed by atoms with Gasteiger partial charge in [0.15, 0.2) is 10.9 Å². The summed E-state index contributed by atoms with van der Waals surface area (Å²) >= 11 is 5.39. The van der Waals surface area contributed by atoms with Crippen molar-refractivity contribution in [3.63, 3.8) is 0 Å². The second-order valence-electron chi connectivity index (χ2n) is 4.21. The molecule has 1 N–H and O–H groups in total. The van der Waals surface area contributed by atoms with Crippen molar-refractivity contribution < 1.29 is 0 Å². The third-order valence-corrected chi connectivity index (χ3v) is 3.20. The molecule has 16 heavy (non-hydrogen) atoms. The number of hydrogen-bond acceptors (Lipinski definition) is 2. The summed E-state index contributed by atoms with van der Waals surface area (Å²) in [7, 11) is 1.90. The fraction of sp³-hybridized carbons (Fsp3) is 0.636. The standard InChI is InChI=1S/C11H18N4S/c1-14-9-6-10(13-14)12-11(16)15-7-4-2-3-5-8-15/h6,9H,2-5,7-8H2,1H3,(H,12,13,16). The van der Waals surface area contributed by atoms with E-state index >= 15 is 0 Å². The molecule has 0 amide bonds. The van der Waals surface area contributed by atoms with Crippen molar-refractivity contribution in [3.05, 3.63) is 12.3 Å². The summed E-state index contributed by atoms with van der Waals surface area (Å²) in [5.74, 6) is 0.830. The Morgan fingerprint density at radius 1 is 1.31 bits per heavy atom. The molecular formula is C11H18N4S. The lowest BCUT2D eigenvalue weighted by molar-refractivity contribution is 0.441. The van der Waals surface area contributed by atoms with E-state index in [2.05, 4.69) is 15.3 Å². The van der Waals surface area contributed by atoms with Crippen molar-refractivity contribution in [2.75, 3.05) is 18.4 Å². The molecule has 88 valence electrons. The number of anilines is 1. The maximum Gasteiger partial charge on any atom is 0.174 e. The van der Waals surface area contributed by atoms with Crippen LogP contribution in [0.4, 0.5) is 5.82 Å². The topological polar surface area (TPSA) is 33.1 Å². The number of nitrogens with zero attached hydrogens (tertiary/aromatic N) is 3. The Morgan fingerprint density at radius 2 is 2.00 bits per heavy atom. The summed E-state index contributed by atoms with van der Waals surface area (Å²) in [5, 5.41) is 8.25. The molecule has 0 aromatic carbocycles. The van der Waals surface area contributed by atoms with Gasteiger partial charge >= 0.3 is 0 Å². The van der Waals surface area contributed by atoms with Crippen LogP contribution in [0, 0.1) is 0 Å². The Morgan fingerprint density at radius 3 is 2.56 bits per heavy atom. The van der Waals surface area contributed by atoms with Gasteiger partial charge in [0.2, 0.25) is 0 Å². The summed E-state index contributed by atoms with van der Waals surface area (Å²) < 4.78 is 1.77. The zero-order valence-corrected chi connectivity index (χ0v) is 10.5. The van der Waals surface area contributed by atoms with Gasteiger partial charge in [-0.1, -0.05) is 12.8 Å². The first-order valence-electron chi connectivity index (χ1n) is 5.81. The lowest BCUT2D eigenvalue weighted by Crippen LogP contribution is -2.35. The molecule has 4 nitrogen and oxygen atoms in total. The average Bonchev–Trinajstić information content (AvgIpc) is 2.56. The van der Waals surface area contributed by atoms with Crippen LogP contribution in [0.2, 0.25) is 0 Å². The van der Waals surface area contributed by atoms with Crippen molar-refractivity contribution in [2.24, 2.45) is 7.05 Å². The summed E-state index contributed by atoms with van der Waals surface area (Å²) in [6.07, 6.45) is 7.03. The number of aromatic nitrogens is 2. The van der Waals surface area contributed by atoms with Gasteiger partial charge < -0.3 is 10.2 Å². The van der Waals surface area contributed by atoms with Crippen LogP contribution in [-0.4, -0.2) is 32.9 Å². The molecule has 1 aliphatic rings. The molecule has 1 saturated heterocycles. The van der Waals surface area contributed by atoms with Crippen LogP contribution in [0.25, 0.3) is 0 Å². The molecule has 5 heteroatoms. The molecule has 0 bridgehead atoms. The van der Waals surface area contributed by atoms with Gasteiger partial charge in [0.25, 0.3) is 0 Å². The molecule has 0 aliphatic carbocycles. The SMILES string of the molecule is Cn1ccc(NC(=S)N2CCCCCC2)n1. The highest BCUT2D eigenvalue weighted by molar-refractivity contribution is 7.80. The van der Waals surface area contributed by atoms with E-state index in [-0.39, 0.29) is 0 Å². The first kappa shape index (κ1) is 11.4. The number of nitrogens with one attached hydrogen (secondary N) is 1. The van der Waals surface area contributed by atoms with Crippen molar-refractivity contribution in [3.8, 4) is 0 Å². The quantitative estimate of drug-likeness (QED) is 0.759. The van der Waals surface area contributed by atoms with E-state index < -0.39 is 0 Å². The van der Waals surface area contributed by atoms with Gasteiger partial charge in [0.1, 0.15) is 0 Å². The van der Waals surface area contributed by atoms with Crippen molar-refractivity contribution in [1.29, 1.82) is 0 Å². The fourth-order valence-corrected chi connectivity index (χ4v) is 2.23.